The van der Waals surface area contributed by atoms with E-state index in [-0.39, 0.29) is 24.2 Å². The summed E-state index contributed by atoms with van der Waals surface area (Å²) in [5, 5.41) is 2.93. The molecule has 28 heavy (non-hydrogen) atoms. The molecule has 7 heteroatoms. The maximum absolute atomic E-state index is 13.9. The first-order valence-electron chi connectivity index (χ1n) is 9.48. The predicted octanol–water partition coefficient (Wildman–Crippen LogP) is 4.42. The lowest BCUT2D eigenvalue weighted by Gasteiger charge is -2.25. The molecule has 2 aromatic rings. The summed E-state index contributed by atoms with van der Waals surface area (Å²) >= 11 is 5.76. The molecule has 1 amide bonds. The second-order valence-corrected chi connectivity index (χ2v) is 7.49. The first-order valence-corrected chi connectivity index (χ1v) is 9.86. The minimum absolute atomic E-state index is 0.123. The maximum Gasteiger partial charge on any atom is 0.238 e. The van der Waals surface area contributed by atoms with Gasteiger partial charge >= 0.3 is 0 Å². The van der Waals surface area contributed by atoms with Gasteiger partial charge in [0.2, 0.25) is 5.91 Å². The third-order valence-corrected chi connectivity index (χ3v) is 5.31. The fraction of sp³-hybridized carbons (Fsp3) is 0.381. The van der Waals surface area contributed by atoms with Gasteiger partial charge in [-0.25, -0.2) is 4.39 Å². The van der Waals surface area contributed by atoms with Crippen LogP contribution in [0.3, 0.4) is 0 Å². The Morgan fingerprint density at radius 1 is 1.14 bits per heavy atom. The Hall–Kier alpha value is -2.31. The molecule has 0 radical (unpaired) electrons. The van der Waals surface area contributed by atoms with Crippen LogP contribution in [0, 0.1) is 5.82 Å². The van der Waals surface area contributed by atoms with Crippen molar-refractivity contribution < 1.29 is 18.7 Å². The van der Waals surface area contributed by atoms with Gasteiger partial charge in [-0.15, -0.1) is 0 Å². The van der Waals surface area contributed by atoms with Gasteiger partial charge in [-0.2, -0.15) is 0 Å². The number of anilines is 1. The first kappa shape index (κ1) is 19.0. The molecule has 5 nitrogen and oxygen atoms in total. The number of nitrogens with one attached hydrogen (secondary N) is 1. The fourth-order valence-electron chi connectivity index (χ4n) is 3.75. The average molecular weight is 405 g/mol. The van der Waals surface area contributed by atoms with E-state index in [1.54, 1.807) is 6.07 Å². The van der Waals surface area contributed by atoms with Crippen LogP contribution in [0.5, 0.6) is 11.5 Å². The fourth-order valence-corrected chi connectivity index (χ4v) is 3.90. The molecule has 2 aliphatic heterocycles. The van der Waals surface area contributed by atoms with Crippen molar-refractivity contribution >= 4 is 23.2 Å². The molecule has 2 heterocycles. The highest BCUT2D eigenvalue weighted by atomic mass is 35.5. The molecule has 0 bridgehead atoms. The van der Waals surface area contributed by atoms with E-state index in [1.165, 1.54) is 12.1 Å². The average Bonchev–Trinajstić information content (AvgIpc) is 2.99. The van der Waals surface area contributed by atoms with E-state index in [1.807, 2.05) is 18.2 Å². The van der Waals surface area contributed by atoms with Gasteiger partial charge in [0, 0.05) is 17.5 Å². The summed E-state index contributed by atoms with van der Waals surface area (Å²) in [5.74, 6) is 0.737. The van der Waals surface area contributed by atoms with Gasteiger partial charge in [-0.3, -0.25) is 9.69 Å². The zero-order valence-corrected chi connectivity index (χ0v) is 16.2. The highest BCUT2D eigenvalue weighted by Gasteiger charge is 2.28. The number of likely N-dealkylation sites (tertiary alicyclic amines) is 1. The van der Waals surface area contributed by atoms with Crippen LogP contribution in [0.25, 0.3) is 0 Å². The van der Waals surface area contributed by atoms with Gasteiger partial charge in [-0.05, 0) is 55.3 Å². The molecule has 1 fully saturated rings. The van der Waals surface area contributed by atoms with Crippen LogP contribution >= 0.6 is 11.6 Å². The first-order chi connectivity index (χ1) is 13.6. The van der Waals surface area contributed by atoms with Crippen molar-refractivity contribution in [3.05, 3.63) is 52.8 Å². The quantitative estimate of drug-likeness (QED) is 0.819. The van der Waals surface area contributed by atoms with Gasteiger partial charge < -0.3 is 14.8 Å². The third-order valence-electron chi connectivity index (χ3n) is 5.07. The summed E-state index contributed by atoms with van der Waals surface area (Å²) in [7, 11) is 0. The molecular weight excluding hydrogens is 383 g/mol. The Kier molecular flexibility index (Phi) is 5.69. The maximum atomic E-state index is 13.9. The van der Waals surface area contributed by atoms with Crippen LogP contribution in [0.1, 0.15) is 30.9 Å². The zero-order chi connectivity index (χ0) is 19.5. The van der Waals surface area contributed by atoms with Crippen molar-refractivity contribution in [1.82, 2.24) is 4.90 Å². The Morgan fingerprint density at radius 3 is 2.79 bits per heavy atom. The molecule has 1 N–H and O–H groups in total. The lowest BCUT2D eigenvalue weighted by atomic mass is 10.0. The van der Waals surface area contributed by atoms with Gasteiger partial charge in [0.05, 0.1) is 25.4 Å². The minimum Gasteiger partial charge on any atom is -0.490 e. The molecule has 0 aliphatic carbocycles. The van der Waals surface area contributed by atoms with Crippen molar-refractivity contribution in [2.75, 3.05) is 31.6 Å². The van der Waals surface area contributed by atoms with Crippen LogP contribution in [0.2, 0.25) is 5.02 Å². The number of carbonyl (C=O) groups excluding carboxylic acids is 1. The second kappa shape index (κ2) is 8.37. The Bertz CT molecular complexity index is 877. The molecule has 1 saturated heterocycles. The number of fused-ring (bicyclic) bond motifs is 1. The van der Waals surface area contributed by atoms with Crippen molar-refractivity contribution in [3.8, 4) is 11.5 Å². The molecule has 0 saturated carbocycles. The van der Waals surface area contributed by atoms with Gasteiger partial charge in [-0.1, -0.05) is 17.7 Å². The largest absolute Gasteiger partial charge is 0.490 e. The molecule has 4 rings (SSSR count). The van der Waals surface area contributed by atoms with Crippen molar-refractivity contribution in [2.45, 2.75) is 25.3 Å². The summed E-state index contributed by atoms with van der Waals surface area (Å²) in [6.45, 7) is 2.31. The smallest absolute Gasteiger partial charge is 0.238 e. The summed E-state index contributed by atoms with van der Waals surface area (Å²) in [6.07, 6.45) is 2.82. The second-order valence-electron chi connectivity index (χ2n) is 7.06. The standard InChI is InChI=1S/C21H22ClFN2O3/c22-15-5-6-17(16(23)12-15)24-21(26)13-25-8-1-3-18(25)14-4-7-19-20(11-14)28-10-2-9-27-19/h4-7,11-12,18H,1-3,8-10,13H2,(H,24,26)/t18-/m1/s1. The van der Waals surface area contributed by atoms with Crippen molar-refractivity contribution in [1.29, 1.82) is 0 Å². The van der Waals surface area contributed by atoms with Gasteiger partial charge in [0.1, 0.15) is 5.82 Å². The zero-order valence-electron chi connectivity index (χ0n) is 15.4. The van der Waals surface area contributed by atoms with Crippen LogP contribution in [0.15, 0.2) is 36.4 Å². The lowest BCUT2D eigenvalue weighted by Crippen LogP contribution is -2.33. The van der Waals surface area contributed by atoms with Crippen LogP contribution in [-0.2, 0) is 4.79 Å². The van der Waals surface area contributed by atoms with Crippen LogP contribution in [-0.4, -0.2) is 37.1 Å². The number of carbonyl (C=O) groups is 1. The molecule has 2 aromatic carbocycles. The van der Waals surface area contributed by atoms with Crippen molar-refractivity contribution in [3.63, 3.8) is 0 Å². The highest BCUT2D eigenvalue weighted by Crippen LogP contribution is 2.37. The molecule has 0 spiro atoms. The van der Waals surface area contributed by atoms with E-state index in [0.717, 1.165) is 42.9 Å². The molecule has 2 aliphatic rings. The van der Waals surface area contributed by atoms with E-state index in [2.05, 4.69) is 10.2 Å². The molecule has 0 aromatic heterocycles. The monoisotopic (exact) mass is 404 g/mol. The van der Waals surface area contributed by atoms with Gasteiger partial charge in [0.25, 0.3) is 0 Å². The van der Waals surface area contributed by atoms with E-state index < -0.39 is 5.82 Å². The number of halogens is 2. The Labute approximate surface area is 168 Å². The summed E-state index contributed by atoms with van der Waals surface area (Å²) in [6, 6.07) is 10.3. The molecular formula is C21H22ClFN2O3. The third kappa shape index (κ3) is 4.23. The Morgan fingerprint density at radius 2 is 1.96 bits per heavy atom. The number of hydrogen-bond donors (Lipinski definition) is 1. The van der Waals surface area contributed by atoms with E-state index in [0.29, 0.717) is 18.2 Å². The minimum atomic E-state index is -0.540. The Balaban J connectivity index is 1.45. The number of nitrogens with zero attached hydrogens (tertiary/aromatic N) is 1. The molecule has 0 unspecified atom stereocenters. The normalized spacial score (nSPS) is 19.3. The predicted molar refractivity (Wildman–Crippen MR) is 106 cm³/mol. The summed E-state index contributed by atoms with van der Waals surface area (Å²) in [5.41, 5.74) is 1.24. The van der Waals surface area contributed by atoms with Crippen LogP contribution in [0.4, 0.5) is 10.1 Å². The number of ether oxygens (including phenoxy) is 2. The number of hydrogen-bond acceptors (Lipinski definition) is 4. The highest BCUT2D eigenvalue weighted by molar-refractivity contribution is 6.30. The topological polar surface area (TPSA) is 50.8 Å². The van der Waals surface area contributed by atoms with Gasteiger partial charge in [0.15, 0.2) is 11.5 Å². The number of rotatable bonds is 4. The lowest BCUT2D eigenvalue weighted by molar-refractivity contribution is -0.117. The number of amides is 1. The summed E-state index contributed by atoms with van der Waals surface area (Å²) < 4.78 is 25.4. The molecule has 1 atom stereocenters. The van der Waals surface area contributed by atoms with Crippen molar-refractivity contribution in [2.24, 2.45) is 0 Å². The molecule has 148 valence electrons. The van der Waals surface area contributed by atoms with E-state index in [9.17, 15) is 9.18 Å². The van der Waals surface area contributed by atoms with E-state index in [4.69, 9.17) is 21.1 Å². The number of benzene rings is 2. The summed E-state index contributed by atoms with van der Waals surface area (Å²) in [4.78, 5) is 14.6. The SMILES string of the molecule is O=C(CN1CCC[C@@H]1c1ccc2c(c1)OCCCO2)Nc1ccc(Cl)cc1F. The van der Waals surface area contributed by atoms with E-state index >= 15 is 0 Å². The van der Waals surface area contributed by atoms with Crippen LogP contribution < -0.4 is 14.8 Å².